The van der Waals surface area contributed by atoms with Crippen LogP contribution in [0.2, 0.25) is 0 Å². The first-order valence-corrected chi connectivity index (χ1v) is 9.32. The van der Waals surface area contributed by atoms with Crippen molar-refractivity contribution in [1.82, 2.24) is 25.1 Å². The standard InChI is InChI=1S/C20H21FN6O/c21-16-6-4-15(5-7-16)13-26-12-2-1-3-19(26)20(28)23-17-8-10-18(11-9-17)27-14-22-24-25-27/h4-11,14,19H,1-3,12-13H2,(H,23,28). The van der Waals surface area contributed by atoms with Crippen LogP contribution in [0.25, 0.3) is 5.69 Å². The Morgan fingerprint density at radius 1 is 1.11 bits per heavy atom. The number of aromatic nitrogens is 4. The van der Waals surface area contributed by atoms with Crippen LogP contribution in [0.1, 0.15) is 24.8 Å². The Morgan fingerprint density at radius 3 is 2.61 bits per heavy atom. The number of halogens is 1. The van der Waals surface area contributed by atoms with Crippen molar-refractivity contribution in [2.45, 2.75) is 31.8 Å². The topological polar surface area (TPSA) is 75.9 Å². The molecule has 1 saturated heterocycles. The van der Waals surface area contributed by atoms with Gasteiger partial charge in [0.15, 0.2) is 0 Å². The van der Waals surface area contributed by atoms with Gasteiger partial charge < -0.3 is 5.32 Å². The summed E-state index contributed by atoms with van der Waals surface area (Å²) < 4.78 is 14.7. The predicted octanol–water partition coefficient (Wildman–Crippen LogP) is 2.79. The van der Waals surface area contributed by atoms with E-state index in [-0.39, 0.29) is 17.8 Å². The maximum atomic E-state index is 13.1. The summed E-state index contributed by atoms with van der Waals surface area (Å²) in [5.41, 5.74) is 2.56. The number of tetrazole rings is 1. The van der Waals surface area contributed by atoms with E-state index in [0.717, 1.165) is 42.7 Å². The van der Waals surface area contributed by atoms with E-state index in [9.17, 15) is 9.18 Å². The number of nitrogens with one attached hydrogen (secondary N) is 1. The third-order valence-electron chi connectivity index (χ3n) is 4.96. The summed E-state index contributed by atoms with van der Waals surface area (Å²) in [6.45, 7) is 1.49. The Balaban J connectivity index is 1.42. The number of nitrogens with zero attached hydrogens (tertiary/aromatic N) is 5. The Hall–Kier alpha value is -3.13. The van der Waals surface area contributed by atoms with Gasteiger partial charge in [-0.1, -0.05) is 18.6 Å². The van der Waals surface area contributed by atoms with Gasteiger partial charge in [0.1, 0.15) is 12.1 Å². The first-order valence-electron chi connectivity index (χ1n) is 9.32. The second-order valence-corrected chi connectivity index (χ2v) is 6.90. The van der Waals surface area contributed by atoms with Crippen molar-refractivity contribution in [3.63, 3.8) is 0 Å². The van der Waals surface area contributed by atoms with Crippen LogP contribution in [-0.4, -0.2) is 43.6 Å². The SMILES string of the molecule is O=C(Nc1ccc(-n2cnnn2)cc1)C1CCCCN1Cc1ccc(F)cc1. The summed E-state index contributed by atoms with van der Waals surface area (Å²) in [5, 5.41) is 14.1. The van der Waals surface area contributed by atoms with E-state index in [1.54, 1.807) is 16.8 Å². The Labute approximate surface area is 162 Å². The van der Waals surface area contributed by atoms with Gasteiger partial charge in [-0.05, 0) is 71.8 Å². The van der Waals surface area contributed by atoms with E-state index in [1.165, 1.54) is 18.5 Å². The van der Waals surface area contributed by atoms with Crippen LogP contribution >= 0.6 is 0 Å². The largest absolute Gasteiger partial charge is 0.325 e. The highest BCUT2D eigenvalue weighted by atomic mass is 19.1. The molecule has 28 heavy (non-hydrogen) atoms. The van der Waals surface area contributed by atoms with Crippen molar-refractivity contribution < 1.29 is 9.18 Å². The molecule has 2 aromatic carbocycles. The number of hydrogen-bond acceptors (Lipinski definition) is 5. The summed E-state index contributed by atoms with van der Waals surface area (Å²) in [4.78, 5) is 15.1. The second kappa shape index (κ2) is 8.26. The van der Waals surface area contributed by atoms with Gasteiger partial charge in [0.2, 0.25) is 5.91 Å². The zero-order valence-corrected chi connectivity index (χ0v) is 15.3. The minimum absolute atomic E-state index is 0.0167. The number of amides is 1. The number of carbonyl (C=O) groups is 1. The van der Waals surface area contributed by atoms with Crippen LogP contribution in [0.3, 0.4) is 0 Å². The van der Waals surface area contributed by atoms with Gasteiger partial charge in [0.25, 0.3) is 0 Å². The quantitative estimate of drug-likeness (QED) is 0.737. The lowest BCUT2D eigenvalue weighted by molar-refractivity contribution is -0.122. The normalized spacial score (nSPS) is 17.4. The van der Waals surface area contributed by atoms with E-state index < -0.39 is 0 Å². The average Bonchev–Trinajstić information content (AvgIpc) is 3.25. The van der Waals surface area contributed by atoms with Gasteiger partial charge in [-0.25, -0.2) is 9.07 Å². The smallest absolute Gasteiger partial charge is 0.241 e. The van der Waals surface area contributed by atoms with Crippen LogP contribution in [0.5, 0.6) is 0 Å². The molecule has 8 heteroatoms. The molecular formula is C20H21FN6O. The van der Waals surface area contributed by atoms with E-state index in [4.69, 9.17) is 0 Å². The van der Waals surface area contributed by atoms with E-state index in [1.807, 2.05) is 24.3 Å². The van der Waals surface area contributed by atoms with Crippen molar-refractivity contribution in [1.29, 1.82) is 0 Å². The fraction of sp³-hybridized carbons (Fsp3) is 0.300. The van der Waals surface area contributed by atoms with Gasteiger partial charge in [0, 0.05) is 12.2 Å². The van der Waals surface area contributed by atoms with Crippen molar-refractivity contribution in [2.24, 2.45) is 0 Å². The fourth-order valence-corrected chi connectivity index (χ4v) is 3.50. The van der Waals surface area contributed by atoms with E-state index in [0.29, 0.717) is 6.54 Å². The number of anilines is 1. The zero-order chi connectivity index (χ0) is 19.3. The van der Waals surface area contributed by atoms with Gasteiger partial charge in [-0.15, -0.1) is 5.10 Å². The van der Waals surface area contributed by atoms with Crippen molar-refractivity contribution >= 4 is 11.6 Å². The van der Waals surface area contributed by atoms with Gasteiger partial charge in [0.05, 0.1) is 11.7 Å². The summed E-state index contributed by atoms with van der Waals surface area (Å²) in [7, 11) is 0. The molecular weight excluding hydrogens is 359 g/mol. The lowest BCUT2D eigenvalue weighted by atomic mass is 10.00. The van der Waals surface area contributed by atoms with Crippen LogP contribution in [0.4, 0.5) is 10.1 Å². The number of hydrogen-bond donors (Lipinski definition) is 1. The Kier molecular flexibility index (Phi) is 5.38. The minimum atomic E-state index is -0.248. The number of rotatable bonds is 5. The van der Waals surface area contributed by atoms with Crippen LogP contribution in [0.15, 0.2) is 54.9 Å². The highest BCUT2D eigenvalue weighted by Crippen LogP contribution is 2.22. The fourth-order valence-electron chi connectivity index (χ4n) is 3.50. The van der Waals surface area contributed by atoms with Crippen LogP contribution < -0.4 is 5.32 Å². The molecule has 1 aliphatic heterocycles. The van der Waals surface area contributed by atoms with Crippen molar-refractivity contribution in [2.75, 3.05) is 11.9 Å². The van der Waals surface area contributed by atoms with Gasteiger partial charge in [-0.3, -0.25) is 9.69 Å². The molecule has 0 bridgehead atoms. The van der Waals surface area contributed by atoms with Gasteiger partial charge in [-0.2, -0.15) is 0 Å². The molecule has 1 aliphatic rings. The molecule has 1 atom stereocenters. The van der Waals surface area contributed by atoms with Gasteiger partial charge >= 0.3 is 0 Å². The molecule has 0 radical (unpaired) electrons. The lowest BCUT2D eigenvalue weighted by Gasteiger charge is -2.34. The summed E-state index contributed by atoms with van der Waals surface area (Å²) >= 11 is 0. The molecule has 0 aliphatic carbocycles. The van der Waals surface area contributed by atoms with E-state index >= 15 is 0 Å². The summed E-state index contributed by atoms with van der Waals surface area (Å²) in [6, 6.07) is 13.6. The first-order chi connectivity index (χ1) is 13.7. The highest BCUT2D eigenvalue weighted by molar-refractivity contribution is 5.95. The Bertz CT molecular complexity index is 911. The summed E-state index contributed by atoms with van der Waals surface area (Å²) in [5.74, 6) is -0.265. The van der Waals surface area contributed by atoms with Crippen LogP contribution in [-0.2, 0) is 11.3 Å². The first kappa shape index (κ1) is 18.2. The molecule has 0 saturated carbocycles. The molecule has 1 aromatic heterocycles. The van der Waals surface area contributed by atoms with Crippen molar-refractivity contribution in [3.8, 4) is 5.69 Å². The molecule has 1 fully saturated rings. The van der Waals surface area contributed by atoms with E-state index in [2.05, 4.69) is 25.7 Å². The maximum absolute atomic E-state index is 13.1. The molecule has 2 heterocycles. The zero-order valence-electron chi connectivity index (χ0n) is 15.3. The molecule has 144 valence electrons. The average molecular weight is 380 g/mol. The number of likely N-dealkylation sites (tertiary alicyclic amines) is 1. The molecule has 4 rings (SSSR count). The number of benzene rings is 2. The lowest BCUT2D eigenvalue weighted by Crippen LogP contribution is -2.46. The highest BCUT2D eigenvalue weighted by Gasteiger charge is 2.28. The van der Waals surface area contributed by atoms with Crippen LogP contribution in [0, 0.1) is 5.82 Å². The molecule has 1 N–H and O–H groups in total. The molecule has 7 nitrogen and oxygen atoms in total. The minimum Gasteiger partial charge on any atom is -0.325 e. The molecule has 0 spiro atoms. The molecule has 1 amide bonds. The predicted molar refractivity (Wildman–Crippen MR) is 102 cm³/mol. The third-order valence-corrected chi connectivity index (χ3v) is 4.96. The molecule has 3 aromatic rings. The Morgan fingerprint density at radius 2 is 1.89 bits per heavy atom. The monoisotopic (exact) mass is 380 g/mol. The number of carbonyl (C=O) groups excluding carboxylic acids is 1. The maximum Gasteiger partial charge on any atom is 0.241 e. The third kappa shape index (κ3) is 4.23. The second-order valence-electron chi connectivity index (χ2n) is 6.90. The molecule has 1 unspecified atom stereocenters. The van der Waals surface area contributed by atoms with Crippen molar-refractivity contribution in [3.05, 3.63) is 66.2 Å². The number of piperidine rings is 1. The summed E-state index contributed by atoms with van der Waals surface area (Å²) in [6.07, 6.45) is 4.42.